The fourth-order valence-electron chi connectivity index (χ4n) is 1.91. The van der Waals surface area contributed by atoms with Crippen molar-refractivity contribution >= 4 is 17.3 Å². The first-order valence-corrected chi connectivity index (χ1v) is 7.00. The van der Waals surface area contributed by atoms with E-state index < -0.39 is 6.10 Å². The Bertz CT molecular complexity index is 608. The Labute approximate surface area is 124 Å². The van der Waals surface area contributed by atoms with Crippen LogP contribution >= 0.6 is 0 Å². The Hall–Kier alpha value is -2.49. The number of hydrogen-bond donors (Lipinski definition) is 2. The third-order valence-electron chi connectivity index (χ3n) is 3.17. The van der Waals surface area contributed by atoms with Crippen molar-refractivity contribution in [1.82, 2.24) is 0 Å². The van der Waals surface area contributed by atoms with E-state index in [-0.39, 0.29) is 5.91 Å². The molecule has 2 rings (SSSR count). The summed E-state index contributed by atoms with van der Waals surface area (Å²) >= 11 is 0. The van der Waals surface area contributed by atoms with Crippen LogP contribution in [0.1, 0.15) is 19.4 Å². The van der Waals surface area contributed by atoms with E-state index in [1.807, 2.05) is 24.3 Å². The Morgan fingerprint density at radius 1 is 1.24 bits per heavy atom. The van der Waals surface area contributed by atoms with E-state index in [0.29, 0.717) is 11.4 Å². The zero-order valence-corrected chi connectivity index (χ0v) is 12.3. The van der Waals surface area contributed by atoms with E-state index in [0.717, 1.165) is 12.1 Å². The summed E-state index contributed by atoms with van der Waals surface area (Å²) < 4.78 is 5.58. The SMILES string of the molecule is CCc1ccc(NC(=O)[C@H](C)Oc2cccc(N)c2)cc1. The predicted octanol–water partition coefficient (Wildman–Crippen LogP) is 3.24. The lowest BCUT2D eigenvalue weighted by Gasteiger charge is -2.15. The molecule has 2 aromatic carbocycles. The molecule has 4 nitrogen and oxygen atoms in total. The average molecular weight is 284 g/mol. The molecular formula is C17H20N2O2. The Balaban J connectivity index is 1.95. The van der Waals surface area contributed by atoms with E-state index in [1.165, 1.54) is 5.56 Å². The number of nitrogens with one attached hydrogen (secondary N) is 1. The number of rotatable bonds is 5. The van der Waals surface area contributed by atoms with Gasteiger partial charge >= 0.3 is 0 Å². The van der Waals surface area contributed by atoms with E-state index in [4.69, 9.17) is 10.5 Å². The van der Waals surface area contributed by atoms with Gasteiger partial charge in [-0.15, -0.1) is 0 Å². The summed E-state index contributed by atoms with van der Waals surface area (Å²) in [5.41, 5.74) is 8.28. The molecule has 3 N–H and O–H groups in total. The highest BCUT2D eigenvalue weighted by Crippen LogP contribution is 2.17. The monoisotopic (exact) mass is 284 g/mol. The van der Waals surface area contributed by atoms with Gasteiger partial charge in [0.15, 0.2) is 6.10 Å². The minimum absolute atomic E-state index is 0.193. The van der Waals surface area contributed by atoms with Gasteiger partial charge in [0, 0.05) is 17.4 Å². The normalized spacial score (nSPS) is 11.7. The maximum Gasteiger partial charge on any atom is 0.265 e. The van der Waals surface area contributed by atoms with Crippen molar-refractivity contribution in [3.8, 4) is 5.75 Å². The number of benzene rings is 2. The van der Waals surface area contributed by atoms with Gasteiger partial charge in [0.25, 0.3) is 5.91 Å². The Morgan fingerprint density at radius 2 is 1.95 bits per heavy atom. The van der Waals surface area contributed by atoms with Crippen LogP contribution in [0.2, 0.25) is 0 Å². The highest BCUT2D eigenvalue weighted by atomic mass is 16.5. The van der Waals surface area contributed by atoms with Crippen molar-refractivity contribution < 1.29 is 9.53 Å². The van der Waals surface area contributed by atoms with Gasteiger partial charge < -0.3 is 15.8 Å². The predicted molar refractivity (Wildman–Crippen MR) is 85.4 cm³/mol. The largest absolute Gasteiger partial charge is 0.481 e. The van der Waals surface area contributed by atoms with E-state index in [2.05, 4.69) is 12.2 Å². The van der Waals surface area contributed by atoms with Crippen LogP contribution < -0.4 is 15.8 Å². The molecule has 110 valence electrons. The molecule has 0 heterocycles. The van der Waals surface area contributed by atoms with Gasteiger partial charge in [0.05, 0.1) is 0 Å². The minimum Gasteiger partial charge on any atom is -0.481 e. The van der Waals surface area contributed by atoms with Gasteiger partial charge in [0.1, 0.15) is 5.75 Å². The Kier molecular flexibility index (Phi) is 4.82. The third-order valence-corrected chi connectivity index (χ3v) is 3.17. The molecule has 0 aliphatic rings. The number of carbonyl (C=O) groups is 1. The average Bonchev–Trinajstić information content (AvgIpc) is 2.48. The molecule has 0 aliphatic carbocycles. The Morgan fingerprint density at radius 3 is 2.57 bits per heavy atom. The van der Waals surface area contributed by atoms with E-state index in [1.54, 1.807) is 31.2 Å². The van der Waals surface area contributed by atoms with Crippen molar-refractivity contribution in [2.45, 2.75) is 26.4 Å². The lowest BCUT2D eigenvalue weighted by atomic mass is 10.1. The van der Waals surface area contributed by atoms with Crippen molar-refractivity contribution in [3.63, 3.8) is 0 Å². The second-order valence-corrected chi connectivity index (χ2v) is 4.87. The first-order chi connectivity index (χ1) is 10.1. The first kappa shape index (κ1) is 14.9. The number of hydrogen-bond acceptors (Lipinski definition) is 3. The molecule has 1 atom stereocenters. The van der Waals surface area contributed by atoms with Gasteiger partial charge in [-0.05, 0) is 43.2 Å². The smallest absolute Gasteiger partial charge is 0.265 e. The number of nitrogens with two attached hydrogens (primary N) is 1. The van der Waals surface area contributed by atoms with Crippen LogP contribution in [0.15, 0.2) is 48.5 Å². The second-order valence-electron chi connectivity index (χ2n) is 4.87. The van der Waals surface area contributed by atoms with Gasteiger partial charge in [-0.1, -0.05) is 25.1 Å². The van der Waals surface area contributed by atoms with Crippen LogP contribution in [-0.2, 0) is 11.2 Å². The van der Waals surface area contributed by atoms with Gasteiger partial charge in [-0.25, -0.2) is 0 Å². The highest BCUT2D eigenvalue weighted by Gasteiger charge is 2.14. The molecule has 0 spiro atoms. The summed E-state index contributed by atoms with van der Waals surface area (Å²) in [6.07, 6.45) is 0.376. The summed E-state index contributed by atoms with van der Waals surface area (Å²) in [5, 5.41) is 2.83. The number of amides is 1. The molecule has 0 bridgehead atoms. The fourth-order valence-corrected chi connectivity index (χ4v) is 1.91. The molecule has 4 heteroatoms. The van der Waals surface area contributed by atoms with E-state index >= 15 is 0 Å². The molecule has 0 aromatic heterocycles. The van der Waals surface area contributed by atoms with Crippen LogP contribution in [-0.4, -0.2) is 12.0 Å². The first-order valence-electron chi connectivity index (χ1n) is 7.00. The molecule has 0 fully saturated rings. The number of anilines is 2. The summed E-state index contributed by atoms with van der Waals surface area (Å²) in [7, 11) is 0. The quantitative estimate of drug-likeness (QED) is 0.828. The summed E-state index contributed by atoms with van der Waals surface area (Å²) in [6, 6.07) is 14.8. The van der Waals surface area contributed by atoms with Gasteiger partial charge in [0.2, 0.25) is 0 Å². The van der Waals surface area contributed by atoms with Crippen molar-refractivity contribution in [1.29, 1.82) is 0 Å². The van der Waals surface area contributed by atoms with Crippen LogP contribution in [0.25, 0.3) is 0 Å². The number of carbonyl (C=O) groups excluding carboxylic acids is 1. The molecule has 21 heavy (non-hydrogen) atoms. The van der Waals surface area contributed by atoms with Crippen molar-refractivity contribution in [2.24, 2.45) is 0 Å². The van der Waals surface area contributed by atoms with Crippen LogP contribution in [0.3, 0.4) is 0 Å². The molecule has 0 saturated carbocycles. The zero-order chi connectivity index (χ0) is 15.2. The molecular weight excluding hydrogens is 264 g/mol. The number of ether oxygens (including phenoxy) is 1. The number of nitrogen functional groups attached to an aromatic ring is 1. The molecule has 0 aliphatic heterocycles. The summed E-state index contributed by atoms with van der Waals surface area (Å²) in [6.45, 7) is 3.80. The zero-order valence-electron chi connectivity index (χ0n) is 12.3. The topological polar surface area (TPSA) is 64.3 Å². The summed E-state index contributed by atoms with van der Waals surface area (Å²) in [4.78, 5) is 12.1. The molecule has 0 saturated heterocycles. The minimum atomic E-state index is -0.599. The number of aryl methyl sites for hydroxylation is 1. The fraction of sp³-hybridized carbons (Fsp3) is 0.235. The molecule has 2 aromatic rings. The van der Waals surface area contributed by atoms with Crippen LogP contribution in [0.5, 0.6) is 5.75 Å². The molecule has 0 unspecified atom stereocenters. The lowest BCUT2D eigenvalue weighted by molar-refractivity contribution is -0.122. The molecule has 1 amide bonds. The lowest BCUT2D eigenvalue weighted by Crippen LogP contribution is -2.30. The highest BCUT2D eigenvalue weighted by molar-refractivity contribution is 5.94. The standard InChI is InChI=1S/C17H20N2O2/c1-3-13-7-9-15(10-8-13)19-17(20)12(2)21-16-6-4-5-14(18)11-16/h4-12H,3,18H2,1-2H3,(H,19,20)/t12-/m0/s1. The summed E-state index contributed by atoms with van der Waals surface area (Å²) in [5.74, 6) is 0.389. The van der Waals surface area contributed by atoms with Crippen LogP contribution in [0.4, 0.5) is 11.4 Å². The third kappa shape index (κ3) is 4.24. The van der Waals surface area contributed by atoms with Gasteiger partial charge in [-0.3, -0.25) is 4.79 Å². The maximum absolute atomic E-state index is 12.1. The van der Waals surface area contributed by atoms with Gasteiger partial charge in [-0.2, -0.15) is 0 Å². The van der Waals surface area contributed by atoms with E-state index in [9.17, 15) is 4.79 Å². The van der Waals surface area contributed by atoms with Crippen LogP contribution in [0, 0.1) is 0 Å². The van der Waals surface area contributed by atoms with Crippen molar-refractivity contribution in [2.75, 3.05) is 11.1 Å². The van der Waals surface area contributed by atoms with Crippen molar-refractivity contribution in [3.05, 3.63) is 54.1 Å². The maximum atomic E-state index is 12.1. The second kappa shape index (κ2) is 6.79. The molecule has 0 radical (unpaired) electrons.